The fourth-order valence-electron chi connectivity index (χ4n) is 2.75. The molecule has 1 aliphatic rings. The molecule has 1 heterocycles. The molecule has 1 aromatic rings. The molecule has 0 radical (unpaired) electrons. The van der Waals surface area contributed by atoms with E-state index in [1.54, 1.807) is 18.1 Å². The average Bonchev–Trinajstić information content (AvgIpc) is 2.47. The number of hydrogen-bond acceptors (Lipinski definition) is 3. The van der Waals surface area contributed by atoms with Crippen LogP contribution >= 0.6 is 0 Å². The summed E-state index contributed by atoms with van der Waals surface area (Å²) in [6.07, 6.45) is 1.68. The van der Waals surface area contributed by atoms with E-state index in [1.807, 2.05) is 6.92 Å². The molecule has 21 heavy (non-hydrogen) atoms. The monoisotopic (exact) mass is 295 g/mol. The molecule has 1 aromatic carbocycles. The van der Waals surface area contributed by atoms with Crippen molar-refractivity contribution in [3.8, 4) is 5.75 Å². The van der Waals surface area contributed by atoms with Gasteiger partial charge in [0.05, 0.1) is 7.11 Å². The van der Waals surface area contributed by atoms with E-state index in [1.165, 1.54) is 12.1 Å². The van der Waals surface area contributed by atoms with Crippen molar-refractivity contribution in [1.82, 2.24) is 10.2 Å². The molecule has 0 aromatic heterocycles. The van der Waals surface area contributed by atoms with E-state index in [-0.39, 0.29) is 23.9 Å². The first-order valence-corrected chi connectivity index (χ1v) is 7.15. The smallest absolute Gasteiger partial charge is 0.314 e. The summed E-state index contributed by atoms with van der Waals surface area (Å²) in [5.41, 5.74) is 6.07. The minimum Gasteiger partial charge on any atom is -0.496 e. The number of amides is 2. The molecule has 5 nitrogen and oxygen atoms in total. The van der Waals surface area contributed by atoms with E-state index in [0.29, 0.717) is 18.8 Å². The normalized spacial score (nSPS) is 17.6. The van der Waals surface area contributed by atoms with E-state index in [4.69, 9.17) is 10.5 Å². The summed E-state index contributed by atoms with van der Waals surface area (Å²) in [7, 11) is 1.58. The summed E-state index contributed by atoms with van der Waals surface area (Å²) in [6.45, 7) is 3.29. The highest BCUT2D eigenvalue weighted by molar-refractivity contribution is 5.72. The first-order chi connectivity index (χ1) is 10.0. The number of methoxy groups -OCH3 is 1. The Kier molecular flexibility index (Phi) is 5.01. The second kappa shape index (κ2) is 6.76. The Hall–Kier alpha value is -1.82. The molecule has 2 amide bonds. The molecule has 0 spiro atoms. The summed E-state index contributed by atoms with van der Waals surface area (Å²) >= 11 is 0. The van der Waals surface area contributed by atoms with Gasteiger partial charge in [0, 0.05) is 30.7 Å². The predicted octanol–water partition coefficient (Wildman–Crippen LogP) is 2.03. The quantitative estimate of drug-likeness (QED) is 0.893. The molecule has 3 N–H and O–H groups in total. The third-order valence-electron chi connectivity index (χ3n) is 3.95. The number of hydrogen-bond donors (Lipinski definition) is 2. The number of nitrogens with two attached hydrogens (primary N) is 1. The van der Waals surface area contributed by atoms with Crippen molar-refractivity contribution >= 4 is 6.03 Å². The lowest BCUT2D eigenvalue weighted by Crippen LogP contribution is -2.47. The molecule has 1 saturated heterocycles. The SMILES string of the molecule is COc1ccc(F)cc1C(C)NC1CCN(C(N)=O)CC1. The Balaban J connectivity index is 1.98. The van der Waals surface area contributed by atoms with Gasteiger partial charge in [-0.05, 0) is 38.0 Å². The second-order valence-electron chi connectivity index (χ2n) is 5.37. The van der Waals surface area contributed by atoms with E-state index in [2.05, 4.69) is 5.32 Å². The third kappa shape index (κ3) is 3.85. The topological polar surface area (TPSA) is 67.6 Å². The lowest BCUT2D eigenvalue weighted by Gasteiger charge is -2.33. The second-order valence-corrected chi connectivity index (χ2v) is 5.37. The summed E-state index contributed by atoms with van der Waals surface area (Å²) in [4.78, 5) is 12.7. The van der Waals surface area contributed by atoms with Gasteiger partial charge < -0.3 is 20.7 Å². The Bertz CT molecular complexity index is 502. The fraction of sp³-hybridized carbons (Fsp3) is 0.533. The van der Waals surface area contributed by atoms with Gasteiger partial charge in [-0.3, -0.25) is 0 Å². The zero-order valence-electron chi connectivity index (χ0n) is 12.4. The van der Waals surface area contributed by atoms with Crippen molar-refractivity contribution in [3.05, 3.63) is 29.6 Å². The Labute approximate surface area is 124 Å². The molecule has 0 bridgehead atoms. The molecule has 1 aliphatic heterocycles. The molecule has 6 heteroatoms. The number of ether oxygens (including phenoxy) is 1. The Morgan fingerprint density at radius 1 is 1.48 bits per heavy atom. The summed E-state index contributed by atoms with van der Waals surface area (Å²) in [5, 5.41) is 3.47. The number of likely N-dealkylation sites (tertiary alicyclic amines) is 1. The van der Waals surface area contributed by atoms with Crippen LogP contribution in [-0.4, -0.2) is 37.2 Å². The average molecular weight is 295 g/mol. The van der Waals surface area contributed by atoms with Gasteiger partial charge in [-0.1, -0.05) is 0 Å². The molecule has 116 valence electrons. The number of carbonyl (C=O) groups is 1. The van der Waals surface area contributed by atoms with Crippen molar-refractivity contribution in [3.63, 3.8) is 0 Å². The van der Waals surface area contributed by atoms with Gasteiger partial charge in [-0.25, -0.2) is 9.18 Å². The van der Waals surface area contributed by atoms with Gasteiger partial charge in [-0.2, -0.15) is 0 Å². The van der Waals surface area contributed by atoms with E-state index >= 15 is 0 Å². The maximum absolute atomic E-state index is 13.4. The minimum absolute atomic E-state index is 0.0271. The van der Waals surface area contributed by atoms with Crippen molar-refractivity contribution < 1.29 is 13.9 Å². The van der Waals surface area contributed by atoms with Crippen molar-refractivity contribution in [1.29, 1.82) is 0 Å². The van der Waals surface area contributed by atoms with Crippen LogP contribution in [0.1, 0.15) is 31.4 Å². The van der Waals surface area contributed by atoms with Gasteiger partial charge in [0.2, 0.25) is 0 Å². The number of urea groups is 1. The molecule has 1 unspecified atom stereocenters. The third-order valence-corrected chi connectivity index (χ3v) is 3.95. The molecule has 1 atom stereocenters. The van der Waals surface area contributed by atoms with Crippen molar-refractivity contribution in [2.24, 2.45) is 5.73 Å². The van der Waals surface area contributed by atoms with Crippen molar-refractivity contribution in [2.75, 3.05) is 20.2 Å². The number of halogens is 1. The standard InChI is InChI=1S/C15H22FN3O2/c1-10(13-9-11(16)3-4-14(13)21-2)18-12-5-7-19(8-6-12)15(17)20/h3-4,9-10,12,18H,5-8H2,1-2H3,(H2,17,20). The van der Waals surface area contributed by atoms with E-state index < -0.39 is 0 Å². The van der Waals surface area contributed by atoms with Crippen LogP contribution in [0.5, 0.6) is 5.75 Å². The van der Waals surface area contributed by atoms with Crippen LogP contribution in [0.2, 0.25) is 0 Å². The zero-order chi connectivity index (χ0) is 15.4. The molecular weight excluding hydrogens is 273 g/mol. The van der Waals surface area contributed by atoms with Crippen LogP contribution in [0.15, 0.2) is 18.2 Å². The first kappa shape index (κ1) is 15.6. The number of nitrogens with zero attached hydrogens (tertiary/aromatic N) is 1. The molecule has 0 aliphatic carbocycles. The van der Waals surface area contributed by atoms with Gasteiger partial charge in [0.15, 0.2) is 0 Å². The lowest BCUT2D eigenvalue weighted by molar-refractivity contribution is 0.183. The zero-order valence-corrected chi connectivity index (χ0v) is 12.4. The van der Waals surface area contributed by atoms with E-state index in [0.717, 1.165) is 18.4 Å². The van der Waals surface area contributed by atoms with Crippen LogP contribution in [0.25, 0.3) is 0 Å². The number of rotatable bonds is 4. The van der Waals surface area contributed by atoms with Gasteiger partial charge >= 0.3 is 6.03 Å². The predicted molar refractivity (Wildman–Crippen MR) is 78.7 cm³/mol. The number of piperidine rings is 1. The first-order valence-electron chi connectivity index (χ1n) is 7.15. The summed E-state index contributed by atoms with van der Waals surface area (Å²) < 4.78 is 18.7. The molecule has 0 saturated carbocycles. The number of primary amides is 1. The maximum atomic E-state index is 13.4. The number of carbonyl (C=O) groups excluding carboxylic acids is 1. The maximum Gasteiger partial charge on any atom is 0.314 e. The molecule has 1 fully saturated rings. The van der Waals surface area contributed by atoms with Crippen LogP contribution in [0, 0.1) is 5.82 Å². The highest BCUT2D eigenvalue weighted by Crippen LogP contribution is 2.27. The van der Waals surface area contributed by atoms with Crippen LogP contribution in [0.3, 0.4) is 0 Å². The number of nitrogens with one attached hydrogen (secondary N) is 1. The van der Waals surface area contributed by atoms with Gasteiger partial charge in [0.1, 0.15) is 11.6 Å². The van der Waals surface area contributed by atoms with Crippen LogP contribution in [-0.2, 0) is 0 Å². The summed E-state index contributed by atoms with van der Waals surface area (Å²) in [5.74, 6) is 0.397. The van der Waals surface area contributed by atoms with Crippen molar-refractivity contribution in [2.45, 2.75) is 31.8 Å². The number of benzene rings is 1. The fourth-order valence-corrected chi connectivity index (χ4v) is 2.75. The largest absolute Gasteiger partial charge is 0.496 e. The van der Waals surface area contributed by atoms with Crippen LogP contribution < -0.4 is 15.8 Å². The van der Waals surface area contributed by atoms with Crippen LogP contribution in [0.4, 0.5) is 9.18 Å². The van der Waals surface area contributed by atoms with Gasteiger partial charge in [0.25, 0.3) is 0 Å². The summed E-state index contributed by atoms with van der Waals surface area (Å²) in [6, 6.07) is 4.41. The Morgan fingerprint density at radius 3 is 2.71 bits per heavy atom. The molecule has 2 rings (SSSR count). The lowest BCUT2D eigenvalue weighted by atomic mass is 10.0. The highest BCUT2D eigenvalue weighted by atomic mass is 19.1. The molecular formula is C15H22FN3O2. The van der Waals surface area contributed by atoms with Gasteiger partial charge in [-0.15, -0.1) is 0 Å². The minimum atomic E-state index is -0.367. The highest BCUT2D eigenvalue weighted by Gasteiger charge is 2.23. The van der Waals surface area contributed by atoms with E-state index in [9.17, 15) is 9.18 Å². The Morgan fingerprint density at radius 2 is 2.14 bits per heavy atom.